The number of likely N-dealkylation sites (N-methyl/N-ethyl adjacent to an activating group) is 1. The Balaban J connectivity index is 2.06. The van der Waals surface area contributed by atoms with E-state index in [1.807, 2.05) is 18.9 Å². The standard InChI is InChI=1S/C19H31F2N5O2/c1-5-8-24(3)12-17(27)22-11-16-13(2)7-6-9-26(16)19(28)14-10-15(18(20)21)25(4)23-14/h10,13,16,18H,5-9,11-12H2,1-4H3,(H,22,27). The number of alkyl halides is 2. The Hall–Kier alpha value is -2.03. The maximum absolute atomic E-state index is 13.0. The number of amides is 2. The van der Waals surface area contributed by atoms with Crippen molar-refractivity contribution in [1.29, 1.82) is 0 Å². The number of carbonyl (C=O) groups is 2. The first-order valence-corrected chi connectivity index (χ1v) is 9.82. The molecule has 2 heterocycles. The van der Waals surface area contributed by atoms with E-state index in [2.05, 4.69) is 17.3 Å². The second-order valence-electron chi connectivity index (χ2n) is 7.61. The lowest BCUT2D eigenvalue weighted by atomic mass is 9.90. The Labute approximate surface area is 165 Å². The SMILES string of the molecule is CCCN(C)CC(=O)NCC1C(C)CCCN1C(=O)c1cc(C(F)F)n(C)n1. The van der Waals surface area contributed by atoms with E-state index in [4.69, 9.17) is 0 Å². The number of nitrogens with one attached hydrogen (secondary N) is 1. The highest BCUT2D eigenvalue weighted by molar-refractivity contribution is 5.92. The lowest BCUT2D eigenvalue weighted by Gasteiger charge is -2.40. The molecule has 1 fully saturated rings. The van der Waals surface area contributed by atoms with Gasteiger partial charge >= 0.3 is 0 Å². The lowest BCUT2D eigenvalue weighted by Crippen LogP contribution is -2.53. The first-order valence-electron chi connectivity index (χ1n) is 9.82. The van der Waals surface area contributed by atoms with Gasteiger partial charge in [-0.2, -0.15) is 5.10 Å². The van der Waals surface area contributed by atoms with Crippen LogP contribution in [0.3, 0.4) is 0 Å². The average molecular weight is 399 g/mol. The van der Waals surface area contributed by atoms with Crippen LogP contribution in [0, 0.1) is 5.92 Å². The van der Waals surface area contributed by atoms with Gasteiger partial charge in [-0.05, 0) is 44.8 Å². The van der Waals surface area contributed by atoms with E-state index in [0.29, 0.717) is 19.6 Å². The smallest absolute Gasteiger partial charge is 0.280 e. The number of halogens is 2. The molecule has 7 nitrogen and oxygen atoms in total. The zero-order valence-electron chi connectivity index (χ0n) is 17.1. The van der Waals surface area contributed by atoms with E-state index in [9.17, 15) is 18.4 Å². The fourth-order valence-corrected chi connectivity index (χ4v) is 3.73. The Morgan fingerprint density at radius 3 is 2.75 bits per heavy atom. The maximum atomic E-state index is 13.0. The quantitative estimate of drug-likeness (QED) is 0.726. The van der Waals surface area contributed by atoms with Gasteiger partial charge in [-0.3, -0.25) is 19.2 Å². The molecule has 2 unspecified atom stereocenters. The van der Waals surface area contributed by atoms with Gasteiger partial charge in [0.25, 0.3) is 12.3 Å². The van der Waals surface area contributed by atoms with E-state index < -0.39 is 6.43 Å². The van der Waals surface area contributed by atoms with Gasteiger partial charge in [0.1, 0.15) is 5.69 Å². The third-order valence-electron chi connectivity index (χ3n) is 5.26. The van der Waals surface area contributed by atoms with E-state index in [1.165, 1.54) is 7.05 Å². The largest absolute Gasteiger partial charge is 0.353 e. The molecular weight excluding hydrogens is 368 g/mol. The molecule has 0 bridgehead atoms. The molecule has 0 spiro atoms. The van der Waals surface area contributed by atoms with Crippen LogP contribution in [0.2, 0.25) is 0 Å². The van der Waals surface area contributed by atoms with Crippen LogP contribution >= 0.6 is 0 Å². The summed E-state index contributed by atoms with van der Waals surface area (Å²) in [5, 5.41) is 6.90. The van der Waals surface area contributed by atoms with Gasteiger partial charge in [0.15, 0.2) is 5.69 Å². The predicted molar refractivity (Wildman–Crippen MR) is 102 cm³/mol. The number of aromatic nitrogens is 2. The molecule has 1 aliphatic heterocycles. The third kappa shape index (κ3) is 5.50. The third-order valence-corrected chi connectivity index (χ3v) is 5.26. The summed E-state index contributed by atoms with van der Waals surface area (Å²) in [7, 11) is 3.30. The van der Waals surface area contributed by atoms with Gasteiger partial charge in [0.2, 0.25) is 5.91 Å². The van der Waals surface area contributed by atoms with Gasteiger partial charge in [0.05, 0.1) is 12.6 Å². The topological polar surface area (TPSA) is 70.5 Å². The number of nitrogens with zero attached hydrogens (tertiary/aromatic N) is 4. The molecule has 2 atom stereocenters. The van der Waals surface area contributed by atoms with Crippen LogP contribution in [0.4, 0.5) is 8.78 Å². The van der Waals surface area contributed by atoms with Crippen LogP contribution in [-0.2, 0) is 11.8 Å². The fourth-order valence-electron chi connectivity index (χ4n) is 3.73. The maximum Gasteiger partial charge on any atom is 0.280 e. The first-order chi connectivity index (χ1) is 13.2. The molecular formula is C19H31F2N5O2. The van der Waals surface area contributed by atoms with Crippen molar-refractivity contribution in [2.75, 3.05) is 33.2 Å². The number of hydrogen-bond donors (Lipinski definition) is 1. The summed E-state index contributed by atoms with van der Waals surface area (Å²) in [4.78, 5) is 28.7. The second kappa shape index (κ2) is 9.95. The fraction of sp³-hybridized carbons (Fsp3) is 0.737. The molecule has 2 rings (SSSR count). The molecule has 1 aromatic rings. The lowest BCUT2D eigenvalue weighted by molar-refractivity contribution is -0.122. The van der Waals surface area contributed by atoms with E-state index in [-0.39, 0.29) is 35.2 Å². The van der Waals surface area contributed by atoms with E-state index in [1.54, 1.807) is 4.90 Å². The van der Waals surface area contributed by atoms with Crippen molar-refractivity contribution in [1.82, 2.24) is 24.9 Å². The van der Waals surface area contributed by atoms with Crippen LogP contribution in [0.1, 0.15) is 55.7 Å². The minimum atomic E-state index is -2.69. The van der Waals surface area contributed by atoms with Crippen molar-refractivity contribution >= 4 is 11.8 Å². The number of aryl methyl sites for hydroxylation is 1. The van der Waals surface area contributed by atoms with Crippen LogP contribution in [0.15, 0.2) is 6.07 Å². The summed E-state index contributed by atoms with van der Waals surface area (Å²) in [6, 6.07) is 0.973. The molecule has 0 aromatic carbocycles. The number of likely N-dealkylation sites (tertiary alicyclic amines) is 1. The van der Waals surface area contributed by atoms with Crippen molar-refractivity contribution in [3.8, 4) is 0 Å². The molecule has 1 N–H and O–H groups in total. The van der Waals surface area contributed by atoms with Crippen LogP contribution in [0.25, 0.3) is 0 Å². The monoisotopic (exact) mass is 399 g/mol. The van der Waals surface area contributed by atoms with Crippen LogP contribution < -0.4 is 5.32 Å². The van der Waals surface area contributed by atoms with Crippen LogP contribution in [0.5, 0.6) is 0 Å². The summed E-state index contributed by atoms with van der Waals surface area (Å²) >= 11 is 0. The normalized spacial score (nSPS) is 20.1. The predicted octanol–water partition coefficient (Wildman–Crippen LogP) is 2.06. The highest BCUT2D eigenvalue weighted by Gasteiger charge is 2.34. The van der Waals surface area contributed by atoms with Crippen molar-refractivity contribution in [2.24, 2.45) is 13.0 Å². The molecule has 9 heteroatoms. The highest BCUT2D eigenvalue weighted by atomic mass is 19.3. The van der Waals surface area contributed by atoms with Gasteiger partial charge < -0.3 is 10.2 Å². The van der Waals surface area contributed by atoms with Gasteiger partial charge in [-0.1, -0.05) is 13.8 Å². The summed E-state index contributed by atoms with van der Waals surface area (Å²) in [6.07, 6.45) is 0.0704. The molecule has 1 aliphatic rings. The van der Waals surface area contributed by atoms with Gasteiger partial charge in [-0.25, -0.2) is 8.78 Å². The van der Waals surface area contributed by atoms with Crippen molar-refractivity contribution in [3.63, 3.8) is 0 Å². The Kier molecular flexibility index (Phi) is 7.91. The number of hydrogen-bond acceptors (Lipinski definition) is 4. The summed E-state index contributed by atoms with van der Waals surface area (Å²) < 4.78 is 27.1. The molecule has 1 aromatic heterocycles. The number of carbonyl (C=O) groups excluding carboxylic acids is 2. The molecule has 1 saturated heterocycles. The molecule has 2 amide bonds. The minimum absolute atomic E-state index is 0.0194. The zero-order valence-corrected chi connectivity index (χ0v) is 17.1. The van der Waals surface area contributed by atoms with Crippen molar-refractivity contribution in [3.05, 3.63) is 17.5 Å². The summed E-state index contributed by atoms with van der Waals surface area (Å²) in [5.41, 5.74) is -0.261. The number of rotatable bonds is 8. The van der Waals surface area contributed by atoms with Crippen molar-refractivity contribution in [2.45, 2.75) is 45.6 Å². The second-order valence-corrected chi connectivity index (χ2v) is 7.61. The summed E-state index contributed by atoms with van der Waals surface area (Å²) in [5.74, 6) is -0.250. The molecule has 0 saturated carbocycles. The molecule has 0 aliphatic carbocycles. The van der Waals surface area contributed by atoms with Crippen molar-refractivity contribution < 1.29 is 18.4 Å². The Morgan fingerprint density at radius 2 is 2.14 bits per heavy atom. The highest BCUT2D eigenvalue weighted by Crippen LogP contribution is 2.26. The first kappa shape index (κ1) is 22.3. The van der Waals surface area contributed by atoms with Crippen LogP contribution in [-0.4, -0.2) is 70.7 Å². The Morgan fingerprint density at radius 1 is 1.43 bits per heavy atom. The molecule has 158 valence electrons. The van der Waals surface area contributed by atoms with Gasteiger partial charge in [0, 0.05) is 20.1 Å². The molecule has 0 radical (unpaired) electrons. The summed E-state index contributed by atoms with van der Waals surface area (Å²) in [6.45, 7) is 6.12. The average Bonchev–Trinajstić information content (AvgIpc) is 3.02. The Bertz CT molecular complexity index is 679. The zero-order chi connectivity index (χ0) is 20.8. The minimum Gasteiger partial charge on any atom is -0.353 e. The number of piperidine rings is 1. The van der Waals surface area contributed by atoms with Gasteiger partial charge in [-0.15, -0.1) is 0 Å². The van der Waals surface area contributed by atoms with E-state index in [0.717, 1.165) is 36.6 Å². The van der Waals surface area contributed by atoms with E-state index >= 15 is 0 Å². The molecule has 28 heavy (non-hydrogen) atoms.